The first-order chi connectivity index (χ1) is 27.6. The van der Waals surface area contributed by atoms with Crippen molar-refractivity contribution in [1.82, 2.24) is 0 Å². The Hall–Kier alpha value is -2.45. The molecule has 0 saturated heterocycles. The Morgan fingerprint density at radius 2 is 0.982 bits per heavy atom. The summed E-state index contributed by atoms with van der Waals surface area (Å²) < 4.78 is 17.2. The molecule has 8 heteroatoms. The van der Waals surface area contributed by atoms with Crippen molar-refractivity contribution in [1.29, 1.82) is 0 Å². The SMILES string of the molecule is CC/C=C/C/C=C/CCCCCCCCCC(=O)OCC(COCCC(C(=O)[O-])[N+](C)(C)C)OC(=O)CCCCCCCCC/C=C/CCCCCCCCCC. The lowest BCUT2D eigenvalue weighted by Gasteiger charge is -2.34. The van der Waals surface area contributed by atoms with E-state index in [0.29, 0.717) is 12.8 Å². The minimum absolute atomic E-state index is 0.0377. The molecule has 0 spiro atoms. The Morgan fingerprint density at radius 3 is 1.46 bits per heavy atom. The molecule has 0 aromatic heterocycles. The van der Waals surface area contributed by atoms with Crippen LogP contribution in [-0.4, -0.2) is 75.5 Å². The topological polar surface area (TPSA) is 102 Å². The van der Waals surface area contributed by atoms with E-state index in [9.17, 15) is 19.5 Å². The zero-order chi connectivity index (χ0) is 42.1. The van der Waals surface area contributed by atoms with Gasteiger partial charge in [0, 0.05) is 19.3 Å². The van der Waals surface area contributed by atoms with Crippen LogP contribution >= 0.6 is 0 Å². The molecule has 0 saturated carbocycles. The maximum Gasteiger partial charge on any atom is 0.306 e. The van der Waals surface area contributed by atoms with Crippen molar-refractivity contribution in [2.45, 2.75) is 219 Å². The lowest BCUT2D eigenvalue weighted by Crippen LogP contribution is -2.55. The van der Waals surface area contributed by atoms with Gasteiger partial charge >= 0.3 is 11.9 Å². The van der Waals surface area contributed by atoms with Crippen LogP contribution in [0.5, 0.6) is 0 Å². The number of likely N-dealkylation sites (N-methyl/N-ethyl adjacent to an activating group) is 1. The van der Waals surface area contributed by atoms with Crippen LogP contribution in [-0.2, 0) is 28.6 Å². The van der Waals surface area contributed by atoms with Crippen LogP contribution in [0, 0.1) is 0 Å². The van der Waals surface area contributed by atoms with E-state index in [1.807, 2.05) is 0 Å². The molecule has 0 aromatic carbocycles. The average Bonchev–Trinajstić information content (AvgIpc) is 3.17. The second-order valence-corrected chi connectivity index (χ2v) is 17.0. The lowest BCUT2D eigenvalue weighted by atomic mass is 10.1. The van der Waals surface area contributed by atoms with E-state index in [4.69, 9.17) is 14.2 Å². The van der Waals surface area contributed by atoms with Gasteiger partial charge in [-0.3, -0.25) is 9.59 Å². The number of aliphatic carboxylic acids is 1. The maximum absolute atomic E-state index is 12.7. The first-order valence-corrected chi connectivity index (χ1v) is 23.5. The molecule has 332 valence electrons. The molecule has 0 fully saturated rings. The van der Waals surface area contributed by atoms with E-state index >= 15 is 0 Å². The molecule has 0 aliphatic heterocycles. The fourth-order valence-corrected chi connectivity index (χ4v) is 6.87. The van der Waals surface area contributed by atoms with Gasteiger partial charge in [0.15, 0.2) is 6.10 Å². The number of quaternary nitrogens is 1. The third-order valence-electron chi connectivity index (χ3n) is 10.5. The predicted molar refractivity (Wildman–Crippen MR) is 236 cm³/mol. The first-order valence-electron chi connectivity index (χ1n) is 23.5. The van der Waals surface area contributed by atoms with Gasteiger partial charge in [0.25, 0.3) is 0 Å². The number of carbonyl (C=O) groups excluding carboxylic acids is 3. The Balaban J connectivity index is 4.29. The van der Waals surface area contributed by atoms with Crippen molar-refractivity contribution in [2.24, 2.45) is 0 Å². The summed E-state index contributed by atoms with van der Waals surface area (Å²) in [6, 6.07) is -0.727. The number of ether oxygens (including phenoxy) is 3. The maximum atomic E-state index is 12.7. The van der Waals surface area contributed by atoms with Crippen LogP contribution in [0.3, 0.4) is 0 Å². The Labute approximate surface area is 351 Å². The summed E-state index contributed by atoms with van der Waals surface area (Å²) in [5.74, 6) is -1.75. The molecule has 0 bridgehead atoms. The summed E-state index contributed by atoms with van der Waals surface area (Å²) >= 11 is 0. The van der Waals surface area contributed by atoms with Gasteiger partial charge in [-0.1, -0.05) is 159 Å². The summed E-state index contributed by atoms with van der Waals surface area (Å²) in [7, 11) is 5.41. The van der Waals surface area contributed by atoms with Crippen molar-refractivity contribution in [3.05, 3.63) is 36.5 Å². The standard InChI is InChI=1S/C49H89NO7/c1-6-8-10-12-14-16-18-20-22-23-24-25-26-28-30-32-34-36-38-40-48(52)57-45(43-55-42-41-46(49(53)54)50(3,4)5)44-56-47(51)39-37-35-33-31-29-27-21-19-17-15-13-11-9-7-2/h9,11,15,17,23-24,45-46H,6-8,10,12-14,16,18-22,25-44H2,1-5H3/b11-9+,17-15+,24-23+. The summed E-state index contributed by atoms with van der Waals surface area (Å²) in [6.45, 7) is 4.56. The van der Waals surface area contributed by atoms with Crippen LogP contribution < -0.4 is 5.11 Å². The molecule has 0 aliphatic carbocycles. The quantitative estimate of drug-likeness (QED) is 0.0262. The molecular formula is C49H89NO7. The second-order valence-electron chi connectivity index (χ2n) is 17.0. The number of unbranched alkanes of at least 4 members (excludes halogenated alkanes) is 22. The van der Waals surface area contributed by atoms with Crippen molar-refractivity contribution in [2.75, 3.05) is 41.0 Å². The number of nitrogens with zero attached hydrogens (tertiary/aromatic N) is 1. The first kappa shape index (κ1) is 54.6. The number of esters is 2. The minimum atomic E-state index is -1.13. The summed E-state index contributed by atoms with van der Waals surface area (Å²) in [5.41, 5.74) is 0. The molecular weight excluding hydrogens is 715 g/mol. The number of hydrogen-bond acceptors (Lipinski definition) is 7. The molecule has 0 heterocycles. The minimum Gasteiger partial charge on any atom is -0.544 e. The highest BCUT2D eigenvalue weighted by molar-refractivity contribution is 5.70. The summed E-state index contributed by atoms with van der Waals surface area (Å²) in [6.07, 6.45) is 46.0. The van der Waals surface area contributed by atoms with Crippen LogP contribution in [0.15, 0.2) is 36.5 Å². The monoisotopic (exact) mass is 804 g/mol. The van der Waals surface area contributed by atoms with Crippen LogP contribution in [0.2, 0.25) is 0 Å². The Kier molecular flexibility index (Phi) is 38.6. The van der Waals surface area contributed by atoms with Gasteiger partial charge in [0.05, 0.1) is 40.3 Å². The molecule has 57 heavy (non-hydrogen) atoms. The number of carboxylic acid groups (broad SMARTS) is 1. The van der Waals surface area contributed by atoms with E-state index in [1.165, 1.54) is 116 Å². The van der Waals surface area contributed by atoms with Crippen molar-refractivity contribution in [3.8, 4) is 0 Å². The zero-order valence-electron chi connectivity index (χ0n) is 37.8. The lowest BCUT2D eigenvalue weighted by molar-refractivity contribution is -0.889. The predicted octanol–water partition coefficient (Wildman–Crippen LogP) is 11.7. The molecule has 0 aromatic rings. The number of allylic oxidation sites excluding steroid dienone is 6. The van der Waals surface area contributed by atoms with E-state index in [0.717, 1.165) is 57.8 Å². The van der Waals surface area contributed by atoms with Crippen LogP contribution in [0.1, 0.15) is 206 Å². The van der Waals surface area contributed by atoms with E-state index in [2.05, 4.69) is 50.3 Å². The van der Waals surface area contributed by atoms with E-state index < -0.39 is 18.1 Å². The third-order valence-corrected chi connectivity index (χ3v) is 10.5. The normalized spacial score (nSPS) is 13.2. The van der Waals surface area contributed by atoms with Gasteiger partial charge < -0.3 is 28.6 Å². The zero-order valence-corrected chi connectivity index (χ0v) is 37.8. The average molecular weight is 804 g/mol. The number of rotatable bonds is 42. The summed E-state index contributed by atoms with van der Waals surface area (Å²) in [5, 5.41) is 11.6. The smallest absolute Gasteiger partial charge is 0.306 e. The van der Waals surface area contributed by atoms with Gasteiger partial charge in [-0.2, -0.15) is 0 Å². The molecule has 0 N–H and O–H groups in total. The molecule has 0 rings (SSSR count). The third kappa shape index (κ3) is 38.8. The number of carbonyl (C=O) groups is 3. The highest BCUT2D eigenvalue weighted by atomic mass is 16.6. The fraction of sp³-hybridized carbons (Fsp3) is 0.816. The number of hydrogen-bond donors (Lipinski definition) is 0. The molecule has 2 atom stereocenters. The van der Waals surface area contributed by atoms with Crippen LogP contribution in [0.25, 0.3) is 0 Å². The van der Waals surface area contributed by atoms with Crippen LogP contribution in [0.4, 0.5) is 0 Å². The fourth-order valence-electron chi connectivity index (χ4n) is 6.87. The second kappa shape index (κ2) is 40.3. The molecule has 8 nitrogen and oxygen atoms in total. The summed E-state index contributed by atoms with van der Waals surface area (Å²) in [4.78, 5) is 36.9. The molecule has 0 amide bonds. The van der Waals surface area contributed by atoms with E-state index in [1.54, 1.807) is 21.1 Å². The van der Waals surface area contributed by atoms with E-state index in [-0.39, 0.29) is 42.7 Å². The van der Waals surface area contributed by atoms with Gasteiger partial charge in [-0.25, -0.2) is 0 Å². The van der Waals surface area contributed by atoms with Gasteiger partial charge in [0.2, 0.25) is 0 Å². The Bertz CT molecular complexity index is 1030. The highest BCUT2D eigenvalue weighted by Gasteiger charge is 2.25. The molecule has 0 radical (unpaired) electrons. The van der Waals surface area contributed by atoms with Gasteiger partial charge in [-0.15, -0.1) is 0 Å². The van der Waals surface area contributed by atoms with Gasteiger partial charge in [-0.05, 0) is 64.2 Å². The van der Waals surface area contributed by atoms with Crippen molar-refractivity contribution in [3.63, 3.8) is 0 Å². The largest absolute Gasteiger partial charge is 0.544 e. The number of carboxylic acids is 1. The molecule has 2 unspecified atom stereocenters. The van der Waals surface area contributed by atoms with Crippen molar-refractivity contribution >= 4 is 17.9 Å². The highest BCUT2D eigenvalue weighted by Crippen LogP contribution is 2.15. The van der Waals surface area contributed by atoms with Crippen molar-refractivity contribution < 1.29 is 38.2 Å². The van der Waals surface area contributed by atoms with Gasteiger partial charge in [0.1, 0.15) is 12.6 Å². The Morgan fingerprint density at radius 1 is 0.544 bits per heavy atom. The molecule has 0 aliphatic rings.